The smallest absolute Gasteiger partial charge is 0.214 e. The van der Waals surface area contributed by atoms with Crippen LogP contribution in [0.25, 0.3) is 0 Å². The van der Waals surface area contributed by atoms with Gasteiger partial charge in [-0.1, -0.05) is 36.4 Å². The molecule has 2 heterocycles. The van der Waals surface area contributed by atoms with Crippen LogP contribution in [0, 0.1) is 0 Å². The summed E-state index contributed by atoms with van der Waals surface area (Å²) in [6.45, 7) is 4.92. The maximum Gasteiger partial charge on any atom is 0.214 e. The third-order valence-corrected chi connectivity index (χ3v) is 5.89. The first kappa shape index (κ1) is 20.3. The largest absolute Gasteiger partial charge is 0.493 e. The molecule has 0 unspecified atom stereocenters. The van der Waals surface area contributed by atoms with E-state index < -0.39 is 0 Å². The number of quaternary nitrogens is 2. The van der Waals surface area contributed by atoms with Gasteiger partial charge in [-0.2, -0.15) is 0 Å². The highest BCUT2D eigenvalue weighted by molar-refractivity contribution is 5.48. The zero-order valence-corrected chi connectivity index (χ0v) is 17.8. The molecule has 2 aromatic carbocycles. The van der Waals surface area contributed by atoms with Gasteiger partial charge in [0.2, 0.25) is 5.82 Å². The van der Waals surface area contributed by atoms with Crippen molar-refractivity contribution in [2.75, 3.05) is 47.4 Å². The number of nitrogens with zero attached hydrogens (tertiary/aromatic N) is 4. The monoisotopic (exact) mass is 410 g/mol. The number of para-hydroxylation sites is 1. The van der Waals surface area contributed by atoms with Gasteiger partial charge in [0.15, 0.2) is 17.5 Å². The molecule has 1 aliphatic heterocycles. The van der Waals surface area contributed by atoms with Crippen LogP contribution in [0.15, 0.2) is 48.5 Å². The van der Waals surface area contributed by atoms with Crippen LogP contribution in [-0.4, -0.2) is 67.7 Å². The standard InChI is InChI=1S/C22H28N6O2/c1-26-12-14-27(15-13-26)20(18-10-7-11-19(29-2)21(18)30-3)22-23-24-25-28(22)16-17-8-5-4-6-9-17/h4-11,20H,12-16H2,1-3H3/p+2/t20-/m0/s1. The summed E-state index contributed by atoms with van der Waals surface area (Å²) in [4.78, 5) is 3.00. The van der Waals surface area contributed by atoms with Gasteiger partial charge in [0.1, 0.15) is 26.2 Å². The first-order chi connectivity index (χ1) is 14.7. The summed E-state index contributed by atoms with van der Waals surface area (Å²) in [5.74, 6) is 2.32. The maximum absolute atomic E-state index is 5.80. The van der Waals surface area contributed by atoms with Gasteiger partial charge in [-0.05, 0) is 28.1 Å². The number of rotatable bonds is 7. The minimum Gasteiger partial charge on any atom is -0.493 e. The molecule has 1 atom stereocenters. The zero-order chi connectivity index (χ0) is 20.9. The number of methoxy groups -OCH3 is 2. The molecule has 1 aliphatic rings. The number of tetrazole rings is 1. The summed E-state index contributed by atoms with van der Waals surface area (Å²) in [6, 6.07) is 16.3. The predicted molar refractivity (Wildman–Crippen MR) is 112 cm³/mol. The summed E-state index contributed by atoms with van der Waals surface area (Å²) in [6.07, 6.45) is 0. The zero-order valence-electron chi connectivity index (χ0n) is 17.8. The van der Waals surface area contributed by atoms with Gasteiger partial charge < -0.3 is 19.3 Å². The molecule has 30 heavy (non-hydrogen) atoms. The molecule has 0 spiro atoms. The Kier molecular flexibility index (Phi) is 6.25. The average molecular weight is 411 g/mol. The second kappa shape index (κ2) is 9.23. The second-order valence-corrected chi connectivity index (χ2v) is 7.81. The SMILES string of the molecule is COc1cccc([C@@H](c2nnnn2Cc2ccccc2)[NH+]2CC[NH+](C)CC2)c1OC. The minimum atomic E-state index is -0.0399. The van der Waals surface area contributed by atoms with Crippen LogP contribution >= 0.6 is 0 Å². The lowest BCUT2D eigenvalue weighted by molar-refractivity contribution is -1.02. The van der Waals surface area contributed by atoms with Gasteiger partial charge >= 0.3 is 0 Å². The molecule has 1 fully saturated rings. The quantitative estimate of drug-likeness (QED) is 0.536. The molecule has 0 amide bonds. The summed E-state index contributed by atoms with van der Waals surface area (Å²) in [5.41, 5.74) is 2.22. The molecule has 0 bridgehead atoms. The van der Waals surface area contributed by atoms with E-state index in [9.17, 15) is 0 Å². The summed E-state index contributed by atoms with van der Waals surface area (Å²) in [7, 11) is 5.61. The number of likely N-dealkylation sites (N-methyl/N-ethyl adjacent to an activating group) is 1. The van der Waals surface area contributed by atoms with E-state index in [2.05, 4.69) is 40.8 Å². The molecular formula is C22H30N6O2+2. The van der Waals surface area contributed by atoms with Crippen LogP contribution in [0.3, 0.4) is 0 Å². The topological polar surface area (TPSA) is 70.9 Å². The molecule has 1 saturated heterocycles. The Balaban J connectivity index is 1.77. The van der Waals surface area contributed by atoms with Crippen molar-refractivity contribution in [1.29, 1.82) is 0 Å². The fraction of sp³-hybridized carbons (Fsp3) is 0.409. The number of benzene rings is 2. The van der Waals surface area contributed by atoms with Crippen molar-refractivity contribution in [3.8, 4) is 11.5 Å². The number of hydrogen-bond donors (Lipinski definition) is 2. The van der Waals surface area contributed by atoms with Crippen molar-refractivity contribution >= 4 is 0 Å². The van der Waals surface area contributed by atoms with Crippen LogP contribution in [0.2, 0.25) is 0 Å². The fourth-order valence-electron chi connectivity index (χ4n) is 4.25. The van der Waals surface area contributed by atoms with Crippen molar-refractivity contribution in [3.05, 3.63) is 65.5 Å². The fourth-order valence-corrected chi connectivity index (χ4v) is 4.25. The molecule has 158 valence electrons. The van der Waals surface area contributed by atoms with Crippen molar-refractivity contribution in [2.24, 2.45) is 0 Å². The average Bonchev–Trinajstić information content (AvgIpc) is 3.23. The number of aromatic nitrogens is 4. The molecule has 0 saturated carbocycles. The van der Waals surface area contributed by atoms with Crippen LogP contribution in [0.4, 0.5) is 0 Å². The van der Waals surface area contributed by atoms with Crippen molar-refractivity contribution < 1.29 is 19.3 Å². The summed E-state index contributed by atoms with van der Waals surface area (Å²) >= 11 is 0. The number of nitrogens with one attached hydrogen (secondary N) is 2. The Morgan fingerprint density at radius 3 is 2.43 bits per heavy atom. The minimum absolute atomic E-state index is 0.0399. The van der Waals surface area contributed by atoms with E-state index in [1.54, 1.807) is 19.1 Å². The molecule has 2 N–H and O–H groups in total. The van der Waals surface area contributed by atoms with Crippen molar-refractivity contribution in [2.45, 2.75) is 12.6 Å². The lowest BCUT2D eigenvalue weighted by atomic mass is 10.0. The Morgan fingerprint density at radius 1 is 0.967 bits per heavy atom. The molecule has 4 rings (SSSR count). The Labute approximate surface area is 177 Å². The number of hydrogen-bond acceptors (Lipinski definition) is 5. The Morgan fingerprint density at radius 2 is 1.73 bits per heavy atom. The highest BCUT2D eigenvalue weighted by atomic mass is 16.5. The van der Waals surface area contributed by atoms with E-state index in [1.807, 2.05) is 35.0 Å². The molecule has 1 aromatic heterocycles. The van der Waals surface area contributed by atoms with Crippen LogP contribution in [0.5, 0.6) is 11.5 Å². The lowest BCUT2D eigenvalue weighted by Crippen LogP contribution is -3.27. The highest BCUT2D eigenvalue weighted by Crippen LogP contribution is 2.35. The number of ether oxygens (including phenoxy) is 2. The maximum atomic E-state index is 5.80. The van der Waals surface area contributed by atoms with E-state index in [0.29, 0.717) is 6.54 Å². The van der Waals surface area contributed by atoms with Gasteiger partial charge in [-0.15, -0.1) is 5.10 Å². The van der Waals surface area contributed by atoms with Crippen molar-refractivity contribution in [1.82, 2.24) is 20.2 Å². The predicted octanol–water partition coefficient (Wildman–Crippen LogP) is -0.759. The summed E-state index contributed by atoms with van der Waals surface area (Å²) in [5, 5.41) is 12.9. The van der Waals surface area contributed by atoms with E-state index in [-0.39, 0.29) is 6.04 Å². The van der Waals surface area contributed by atoms with E-state index in [0.717, 1.165) is 49.1 Å². The first-order valence-corrected chi connectivity index (χ1v) is 10.4. The van der Waals surface area contributed by atoms with Crippen LogP contribution in [0.1, 0.15) is 23.0 Å². The van der Waals surface area contributed by atoms with Gasteiger partial charge in [-0.3, -0.25) is 0 Å². The third-order valence-electron chi connectivity index (χ3n) is 5.89. The van der Waals surface area contributed by atoms with Gasteiger partial charge in [-0.25, -0.2) is 4.68 Å². The Bertz CT molecular complexity index is 953. The molecule has 3 aromatic rings. The molecule has 8 nitrogen and oxygen atoms in total. The summed E-state index contributed by atoms with van der Waals surface area (Å²) < 4.78 is 13.3. The molecule has 8 heteroatoms. The lowest BCUT2D eigenvalue weighted by Gasteiger charge is -2.33. The third kappa shape index (κ3) is 4.15. The van der Waals surface area contributed by atoms with Crippen molar-refractivity contribution in [3.63, 3.8) is 0 Å². The van der Waals surface area contributed by atoms with E-state index in [1.165, 1.54) is 10.5 Å². The van der Waals surface area contributed by atoms with Crippen LogP contribution < -0.4 is 19.3 Å². The van der Waals surface area contributed by atoms with Gasteiger partial charge in [0, 0.05) is 0 Å². The molecule has 0 aliphatic carbocycles. The molecule has 0 radical (unpaired) electrons. The van der Waals surface area contributed by atoms with Crippen LogP contribution in [-0.2, 0) is 6.54 Å². The normalized spacial score (nSPS) is 20.0. The Hall–Kier alpha value is -2.97. The van der Waals surface area contributed by atoms with E-state index >= 15 is 0 Å². The second-order valence-electron chi connectivity index (χ2n) is 7.81. The van der Waals surface area contributed by atoms with Gasteiger partial charge in [0.05, 0.1) is 33.4 Å². The molecular weight excluding hydrogens is 380 g/mol. The van der Waals surface area contributed by atoms with E-state index in [4.69, 9.17) is 9.47 Å². The number of piperazine rings is 1. The van der Waals surface area contributed by atoms with Gasteiger partial charge in [0.25, 0.3) is 0 Å². The highest BCUT2D eigenvalue weighted by Gasteiger charge is 2.37. The first-order valence-electron chi connectivity index (χ1n) is 10.4.